The summed E-state index contributed by atoms with van der Waals surface area (Å²) in [5.41, 5.74) is 2.47. The largest absolute Gasteiger partial charge is 0.507 e. The Labute approximate surface area is 159 Å². The molecule has 0 spiro atoms. The standard InChI is InChI=1S/C21H17NO4S/c1-2-25-11-15-8-14-9-16(21(24)26-19(14)10-18(15)23)17-12-27-20(22-17)13-6-4-3-5-7-13/h3-10,12,23H,2,11H2,1H3. The van der Waals surface area contributed by atoms with Crippen molar-refractivity contribution in [2.75, 3.05) is 6.61 Å². The highest BCUT2D eigenvalue weighted by atomic mass is 32.1. The van der Waals surface area contributed by atoms with E-state index in [0.717, 1.165) is 10.6 Å². The lowest BCUT2D eigenvalue weighted by Gasteiger charge is -2.07. The van der Waals surface area contributed by atoms with Gasteiger partial charge in [-0.05, 0) is 19.1 Å². The predicted molar refractivity (Wildman–Crippen MR) is 106 cm³/mol. The number of hydrogen-bond donors (Lipinski definition) is 1. The highest BCUT2D eigenvalue weighted by molar-refractivity contribution is 7.13. The van der Waals surface area contributed by atoms with Gasteiger partial charge in [0.1, 0.15) is 16.3 Å². The summed E-state index contributed by atoms with van der Waals surface area (Å²) in [5.74, 6) is 0.0480. The molecule has 0 aliphatic carbocycles. The molecular weight excluding hydrogens is 362 g/mol. The maximum atomic E-state index is 12.4. The minimum absolute atomic E-state index is 0.0480. The van der Waals surface area contributed by atoms with Crippen LogP contribution in [-0.2, 0) is 11.3 Å². The molecule has 0 radical (unpaired) electrons. The van der Waals surface area contributed by atoms with Crippen LogP contribution in [0.2, 0.25) is 0 Å². The fourth-order valence-electron chi connectivity index (χ4n) is 2.82. The van der Waals surface area contributed by atoms with Crippen LogP contribution in [0.1, 0.15) is 12.5 Å². The zero-order chi connectivity index (χ0) is 18.8. The Bertz CT molecular complexity index is 1150. The first kappa shape index (κ1) is 17.5. The first-order valence-electron chi connectivity index (χ1n) is 8.54. The molecule has 0 atom stereocenters. The van der Waals surface area contributed by atoms with Crippen molar-refractivity contribution >= 4 is 22.3 Å². The number of hydrogen-bond acceptors (Lipinski definition) is 6. The Morgan fingerprint density at radius 2 is 2.00 bits per heavy atom. The molecule has 0 fully saturated rings. The van der Waals surface area contributed by atoms with Crippen LogP contribution in [0.3, 0.4) is 0 Å². The van der Waals surface area contributed by atoms with Gasteiger partial charge in [-0.15, -0.1) is 11.3 Å². The Hall–Kier alpha value is -2.96. The number of nitrogens with zero attached hydrogens (tertiary/aromatic N) is 1. The Morgan fingerprint density at radius 1 is 1.19 bits per heavy atom. The summed E-state index contributed by atoms with van der Waals surface area (Å²) in [7, 11) is 0. The molecule has 5 nitrogen and oxygen atoms in total. The van der Waals surface area contributed by atoms with Gasteiger partial charge in [0.15, 0.2) is 0 Å². The topological polar surface area (TPSA) is 72.6 Å². The van der Waals surface area contributed by atoms with Crippen LogP contribution in [0.4, 0.5) is 0 Å². The minimum Gasteiger partial charge on any atom is -0.507 e. The molecule has 136 valence electrons. The molecule has 0 bridgehead atoms. The van der Waals surface area contributed by atoms with Gasteiger partial charge in [0.05, 0.1) is 17.9 Å². The fourth-order valence-corrected chi connectivity index (χ4v) is 3.65. The van der Waals surface area contributed by atoms with Gasteiger partial charge in [-0.25, -0.2) is 9.78 Å². The van der Waals surface area contributed by atoms with E-state index >= 15 is 0 Å². The van der Waals surface area contributed by atoms with Gasteiger partial charge in [-0.2, -0.15) is 0 Å². The van der Waals surface area contributed by atoms with E-state index in [1.807, 2.05) is 42.6 Å². The lowest BCUT2D eigenvalue weighted by molar-refractivity contribution is 0.132. The van der Waals surface area contributed by atoms with Crippen LogP contribution >= 0.6 is 11.3 Å². The molecule has 0 saturated carbocycles. The van der Waals surface area contributed by atoms with Gasteiger partial charge in [-0.3, -0.25) is 0 Å². The van der Waals surface area contributed by atoms with E-state index in [1.165, 1.54) is 17.4 Å². The van der Waals surface area contributed by atoms with Crippen molar-refractivity contribution in [3.8, 4) is 27.6 Å². The first-order chi connectivity index (χ1) is 13.2. The summed E-state index contributed by atoms with van der Waals surface area (Å²) in [6.45, 7) is 2.73. The van der Waals surface area contributed by atoms with Crippen molar-refractivity contribution in [3.05, 3.63) is 69.9 Å². The van der Waals surface area contributed by atoms with Crippen molar-refractivity contribution in [2.45, 2.75) is 13.5 Å². The summed E-state index contributed by atoms with van der Waals surface area (Å²) in [5, 5.41) is 13.5. The molecule has 2 aromatic carbocycles. The molecular formula is C21H17NO4S. The van der Waals surface area contributed by atoms with Gasteiger partial charge in [0, 0.05) is 34.6 Å². The Morgan fingerprint density at radius 3 is 2.78 bits per heavy atom. The third-order valence-corrected chi connectivity index (χ3v) is 5.09. The maximum absolute atomic E-state index is 12.4. The van der Waals surface area contributed by atoms with Crippen LogP contribution in [0.25, 0.3) is 32.8 Å². The molecule has 27 heavy (non-hydrogen) atoms. The average molecular weight is 379 g/mol. The molecule has 0 amide bonds. The van der Waals surface area contributed by atoms with Crippen LogP contribution in [-0.4, -0.2) is 16.7 Å². The van der Waals surface area contributed by atoms with Crippen molar-refractivity contribution < 1.29 is 14.3 Å². The van der Waals surface area contributed by atoms with Crippen molar-refractivity contribution in [1.29, 1.82) is 0 Å². The van der Waals surface area contributed by atoms with Gasteiger partial charge < -0.3 is 14.3 Å². The lowest BCUT2D eigenvalue weighted by Crippen LogP contribution is -2.03. The van der Waals surface area contributed by atoms with E-state index in [9.17, 15) is 9.90 Å². The molecule has 6 heteroatoms. The van der Waals surface area contributed by atoms with Crippen LogP contribution in [0.15, 0.2) is 63.1 Å². The lowest BCUT2D eigenvalue weighted by atomic mass is 10.1. The zero-order valence-corrected chi connectivity index (χ0v) is 15.5. The van der Waals surface area contributed by atoms with Crippen molar-refractivity contribution in [2.24, 2.45) is 0 Å². The quantitative estimate of drug-likeness (QED) is 0.503. The second kappa shape index (κ2) is 7.34. The number of rotatable bonds is 5. The molecule has 0 unspecified atom stereocenters. The van der Waals surface area contributed by atoms with Gasteiger partial charge in [0.2, 0.25) is 0 Å². The average Bonchev–Trinajstić information content (AvgIpc) is 3.17. The number of ether oxygens (including phenoxy) is 1. The second-order valence-electron chi connectivity index (χ2n) is 6.01. The third kappa shape index (κ3) is 3.49. The Balaban J connectivity index is 1.78. The fraction of sp³-hybridized carbons (Fsp3) is 0.143. The van der Waals surface area contributed by atoms with E-state index < -0.39 is 5.63 Å². The monoisotopic (exact) mass is 379 g/mol. The van der Waals surface area contributed by atoms with Crippen molar-refractivity contribution in [3.63, 3.8) is 0 Å². The summed E-state index contributed by atoms with van der Waals surface area (Å²) < 4.78 is 10.8. The second-order valence-corrected chi connectivity index (χ2v) is 6.87. The van der Waals surface area contributed by atoms with Gasteiger partial charge in [0.25, 0.3) is 0 Å². The van der Waals surface area contributed by atoms with Crippen LogP contribution in [0, 0.1) is 0 Å². The summed E-state index contributed by atoms with van der Waals surface area (Å²) >= 11 is 1.48. The summed E-state index contributed by atoms with van der Waals surface area (Å²) in [4.78, 5) is 17.0. The van der Waals surface area contributed by atoms with Gasteiger partial charge >= 0.3 is 5.63 Å². The van der Waals surface area contributed by atoms with E-state index in [4.69, 9.17) is 9.15 Å². The van der Waals surface area contributed by atoms with E-state index in [-0.39, 0.29) is 5.75 Å². The number of phenols is 1. The number of aromatic nitrogens is 1. The predicted octanol–water partition coefficient (Wildman–Crippen LogP) is 4.83. The highest BCUT2D eigenvalue weighted by Gasteiger charge is 2.14. The number of phenolic OH excluding ortho intramolecular Hbond substituents is 1. The first-order valence-corrected chi connectivity index (χ1v) is 9.42. The van der Waals surface area contributed by atoms with Gasteiger partial charge in [-0.1, -0.05) is 30.3 Å². The van der Waals surface area contributed by atoms with E-state index in [1.54, 1.807) is 12.1 Å². The van der Waals surface area contributed by atoms with E-state index in [0.29, 0.717) is 41.0 Å². The number of thiazole rings is 1. The molecule has 0 saturated heterocycles. The number of fused-ring (bicyclic) bond motifs is 1. The molecule has 0 aliphatic rings. The molecule has 0 aliphatic heterocycles. The van der Waals surface area contributed by atoms with Crippen molar-refractivity contribution in [1.82, 2.24) is 4.98 Å². The summed E-state index contributed by atoms with van der Waals surface area (Å²) in [6, 6.07) is 14.8. The minimum atomic E-state index is -0.482. The van der Waals surface area contributed by atoms with Crippen LogP contribution in [0.5, 0.6) is 5.75 Å². The normalized spacial score (nSPS) is 11.1. The molecule has 2 aromatic heterocycles. The SMILES string of the molecule is CCOCc1cc2cc(-c3csc(-c4ccccc4)n3)c(=O)oc2cc1O. The summed E-state index contributed by atoms with van der Waals surface area (Å²) in [6.07, 6.45) is 0. The maximum Gasteiger partial charge on any atom is 0.345 e. The number of benzene rings is 2. The molecule has 2 heterocycles. The zero-order valence-electron chi connectivity index (χ0n) is 14.6. The third-order valence-electron chi connectivity index (χ3n) is 4.20. The molecule has 1 N–H and O–H groups in total. The highest BCUT2D eigenvalue weighted by Crippen LogP contribution is 2.30. The smallest absolute Gasteiger partial charge is 0.345 e. The van der Waals surface area contributed by atoms with Crippen LogP contribution < -0.4 is 5.63 Å². The Kier molecular flexibility index (Phi) is 4.75. The number of aromatic hydroxyl groups is 1. The molecule has 4 rings (SSSR count). The van der Waals surface area contributed by atoms with E-state index in [2.05, 4.69) is 4.98 Å². The molecule has 4 aromatic rings.